The summed E-state index contributed by atoms with van der Waals surface area (Å²) in [5, 5.41) is 11.1. The van der Waals surface area contributed by atoms with Crippen LogP contribution in [0.4, 0.5) is 0 Å². The molecule has 168 valence electrons. The topological polar surface area (TPSA) is 77.8 Å². The molecule has 1 saturated carbocycles. The predicted octanol–water partition coefficient (Wildman–Crippen LogP) is 4.87. The van der Waals surface area contributed by atoms with Crippen molar-refractivity contribution in [2.75, 3.05) is 13.7 Å². The van der Waals surface area contributed by atoms with E-state index in [4.69, 9.17) is 9.47 Å². The van der Waals surface area contributed by atoms with E-state index >= 15 is 0 Å². The van der Waals surface area contributed by atoms with Gasteiger partial charge in [-0.15, -0.1) is 11.3 Å². The molecule has 0 aliphatic heterocycles. The Morgan fingerprint density at radius 1 is 1.28 bits per heavy atom. The van der Waals surface area contributed by atoms with E-state index in [1.165, 1.54) is 5.56 Å². The van der Waals surface area contributed by atoms with Gasteiger partial charge in [0, 0.05) is 27.6 Å². The van der Waals surface area contributed by atoms with Gasteiger partial charge in [0.05, 0.1) is 30.7 Å². The molecule has 0 saturated heterocycles. The fourth-order valence-electron chi connectivity index (χ4n) is 4.63. The number of aromatic nitrogens is 1. The Balaban J connectivity index is 1.73. The van der Waals surface area contributed by atoms with Crippen LogP contribution in [0.25, 0.3) is 21.3 Å². The Kier molecular flexibility index (Phi) is 5.34. The summed E-state index contributed by atoms with van der Waals surface area (Å²) in [6.45, 7) is 4.03. The number of hydrogen-bond acceptors (Lipinski definition) is 6. The van der Waals surface area contributed by atoms with Crippen LogP contribution >= 0.6 is 11.3 Å². The quantitative estimate of drug-likeness (QED) is 0.558. The first-order valence-corrected chi connectivity index (χ1v) is 12.0. The third kappa shape index (κ3) is 3.35. The molecule has 3 aromatic rings. The lowest BCUT2D eigenvalue weighted by molar-refractivity contribution is 0.0524. The lowest BCUT2D eigenvalue weighted by atomic mass is 9.88. The number of fused-ring (bicyclic) bond motifs is 2. The molecule has 7 heteroatoms. The summed E-state index contributed by atoms with van der Waals surface area (Å²) < 4.78 is 13.0. The van der Waals surface area contributed by atoms with E-state index in [1.807, 2.05) is 10.6 Å². The molecule has 2 heterocycles. The number of aliphatic hydroxyl groups is 1. The molecule has 1 fully saturated rings. The third-order valence-corrected chi connectivity index (χ3v) is 7.85. The van der Waals surface area contributed by atoms with Gasteiger partial charge < -0.3 is 19.1 Å². The Morgan fingerprint density at radius 2 is 2.06 bits per heavy atom. The van der Waals surface area contributed by atoms with Gasteiger partial charge >= 0.3 is 5.97 Å². The van der Waals surface area contributed by atoms with Crippen molar-refractivity contribution in [1.29, 1.82) is 0 Å². The molecule has 1 aromatic carbocycles. The van der Waals surface area contributed by atoms with Crippen LogP contribution in [-0.4, -0.2) is 29.4 Å². The van der Waals surface area contributed by atoms with Crippen LogP contribution in [0, 0.1) is 5.92 Å². The number of pyridine rings is 1. The summed E-state index contributed by atoms with van der Waals surface area (Å²) in [5.74, 6) is 0.280. The van der Waals surface area contributed by atoms with Crippen LogP contribution < -0.4 is 10.2 Å². The van der Waals surface area contributed by atoms with Gasteiger partial charge in [-0.2, -0.15) is 0 Å². The van der Waals surface area contributed by atoms with E-state index in [2.05, 4.69) is 13.0 Å². The molecule has 0 radical (unpaired) electrons. The Labute approximate surface area is 190 Å². The summed E-state index contributed by atoms with van der Waals surface area (Å²) in [7, 11) is 1.61. The Morgan fingerprint density at radius 3 is 2.75 bits per heavy atom. The highest BCUT2D eigenvalue weighted by atomic mass is 32.1. The molecule has 0 amide bonds. The van der Waals surface area contributed by atoms with Crippen LogP contribution in [0.2, 0.25) is 0 Å². The molecule has 2 aromatic heterocycles. The second-order valence-corrected chi connectivity index (χ2v) is 9.82. The lowest BCUT2D eigenvalue weighted by Gasteiger charge is -2.24. The maximum atomic E-state index is 13.2. The maximum absolute atomic E-state index is 13.2. The van der Waals surface area contributed by atoms with E-state index in [0.29, 0.717) is 16.7 Å². The number of aliphatic hydroxyl groups excluding tert-OH is 1. The molecule has 0 unspecified atom stereocenters. The molecule has 1 N–H and O–H groups in total. The van der Waals surface area contributed by atoms with Crippen LogP contribution in [0.1, 0.15) is 66.1 Å². The Hall–Kier alpha value is -2.64. The Bertz CT molecular complexity index is 1270. The van der Waals surface area contributed by atoms with Crippen molar-refractivity contribution in [2.24, 2.45) is 5.92 Å². The van der Waals surface area contributed by atoms with Gasteiger partial charge in [-0.25, -0.2) is 4.79 Å². The van der Waals surface area contributed by atoms with Crippen molar-refractivity contribution in [3.63, 3.8) is 0 Å². The first-order valence-electron chi connectivity index (χ1n) is 11.2. The zero-order valence-corrected chi connectivity index (χ0v) is 19.3. The first-order chi connectivity index (χ1) is 15.4. The number of rotatable bonds is 5. The van der Waals surface area contributed by atoms with E-state index in [9.17, 15) is 14.7 Å². The molecule has 2 aliphatic carbocycles. The second-order valence-electron chi connectivity index (χ2n) is 8.73. The molecular formula is C25H27NO5S. The van der Waals surface area contributed by atoms with Crippen molar-refractivity contribution in [1.82, 2.24) is 4.57 Å². The molecule has 0 bridgehead atoms. The van der Waals surface area contributed by atoms with E-state index in [-0.39, 0.29) is 29.6 Å². The summed E-state index contributed by atoms with van der Waals surface area (Å²) in [4.78, 5) is 27.7. The van der Waals surface area contributed by atoms with Crippen molar-refractivity contribution in [3.05, 3.63) is 50.6 Å². The van der Waals surface area contributed by atoms with Gasteiger partial charge in [-0.3, -0.25) is 4.79 Å². The average molecular weight is 454 g/mol. The highest BCUT2D eigenvalue weighted by Gasteiger charge is 2.31. The molecule has 32 heavy (non-hydrogen) atoms. The van der Waals surface area contributed by atoms with Crippen LogP contribution in [0.3, 0.4) is 0 Å². The van der Waals surface area contributed by atoms with Crippen molar-refractivity contribution in [3.8, 4) is 16.2 Å². The van der Waals surface area contributed by atoms with Gasteiger partial charge in [-0.1, -0.05) is 6.92 Å². The number of methoxy groups -OCH3 is 1. The van der Waals surface area contributed by atoms with Gasteiger partial charge in [0.15, 0.2) is 5.75 Å². The number of aryl methyl sites for hydroxylation is 1. The highest BCUT2D eigenvalue weighted by Crippen LogP contribution is 2.47. The summed E-state index contributed by atoms with van der Waals surface area (Å²) in [6.07, 6.45) is 5.10. The van der Waals surface area contributed by atoms with E-state index in [1.54, 1.807) is 37.6 Å². The van der Waals surface area contributed by atoms with Crippen LogP contribution in [-0.2, 0) is 11.2 Å². The largest absolute Gasteiger partial charge is 0.494 e. The number of esters is 1. The number of nitrogens with zero attached hydrogens (tertiary/aromatic N) is 1. The molecule has 0 spiro atoms. The zero-order valence-electron chi connectivity index (χ0n) is 18.5. The monoisotopic (exact) mass is 453 g/mol. The molecule has 2 atom stereocenters. The molecule has 2 aliphatic rings. The average Bonchev–Trinajstić information content (AvgIpc) is 3.54. The normalized spacial score (nSPS) is 20.2. The van der Waals surface area contributed by atoms with Crippen LogP contribution in [0.15, 0.2) is 29.2 Å². The molecule has 5 rings (SSSR count). The second kappa shape index (κ2) is 8.05. The van der Waals surface area contributed by atoms with Crippen molar-refractivity contribution < 1.29 is 19.4 Å². The zero-order chi connectivity index (χ0) is 22.6. The standard InChI is InChI=1S/C25H27NO5S/c1-4-31-25(29)18-12-26(15-7-8-15)20-17(22(18)28)10-9-16(23(20)30-3)19-11-14-6-5-13(2)21(27)24(14)32-19/h9-13,15,21,27H,4-8H2,1-3H3/t13-,21-/m0/s1. The molecule has 6 nitrogen and oxygen atoms in total. The number of benzene rings is 1. The van der Waals surface area contributed by atoms with Gasteiger partial charge in [0.2, 0.25) is 5.43 Å². The number of carbonyl (C=O) groups excluding carboxylic acids is 1. The number of hydrogen-bond donors (Lipinski definition) is 1. The summed E-state index contributed by atoms with van der Waals surface area (Å²) in [5.41, 5.74) is 2.53. The van der Waals surface area contributed by atoms with E-state index < -0.39 is 12.1 Å². The van der Waals surface area contributed by atoms with E-state index in [0.717, 1.165) is 41.0 Å². The lowest BCUT2D eigenvalue weighted by Crippen LogP contribution is -2.21. The smallest absolute Gasteiger partial charge is 0.343 e. The summed E-state index contributed by atoms with van der Waals surface area (Å²) in [6, 6.07) is 6.05. The summed E-state index contributed by atoms with van der Waals surface area (Å²) >= 11 is 1.60. The fourth-order valence-corrected chi connectivity index (χ4v) is 5.99. The fraction of sp³-hybridized carbons (Fsp3) is 0.440. The van der Waals surface area contributed by atoms with Crippen molar-refractivity contribution >= 4 is 28.2 Å². The predicted molar refractivity (Wildman–Crippen MR) is 125 cm³/mol. The van der Waals surface area contributed by atoms with Gasteiger partial charge in [0.1, 0.15) is 5.56 Å². The van der Waals surface area contributed by atoms with Crippen molar-refractivity contribution in [2.45, 2.75) is 51.7 Å². The number of ether oxygens (including phenoxy) is 2. The minimum Gasteiger partial charge on any atom is -0.494 e. The SMILES string of the molecule is CCOC(=O)c1cn(C2CC2)c2c(OC)c(-c3cc4c(s3)[C@@H](O)[C@@H](C)CC4)ccc2c1=O. The van der Waals surface area contributed by atoms with Crippen LogP contribution in [0.5, 0.6) is 5.75 Å². The number of thiophene rings is 1. The third-order valence-electron chi connectivity index (χ3n) is 6.57. The number of carbonyl (C=O) groups is 1. The highest BCUT2D eigenvalue weighted by molar-refractivity contribution is 7.15. The maximum Gasteiger partial charge on any atom is 0.343 e. The minimum atomic E-state index is -0.592. The minimum absolute atomic E-state index is 0.0600. The first kappa shape index (κ1) is 21.2. The molecular weight excluding hydrogens is 426 g/mol. The van der Waals surface area contributed by atoms with Gasteiger partial charge in [-0.05, 0) is 62.3 Å². The van der Waals surface area contributed by atoms with Gasteiger partial charge in [0.25, 0.3) is 0 Å².